The minimum atomic E-state index is -0.905. The van der Waals surface area contributed by atoms with Crippen LogP contribution in [0.25, 0.3) is 0 Å². The summed E-state index contributed by atoms with van der Waals surface area (Å²) in [4.78, 5) is 10.7. The van der Waals surface area contributed by atoms with E-state index in [0.29, 0.717) is 39.8 Å². The van der Waals surface area contributed by atoms with Gasteiger partial charge < -0.3 is 20.3 Å². The summed E-state index contributed by atoms with van der Waals surface area (Å²) in [5.41, 5.74) is 7.13. The Morgan fingerprint density at radius 2 is 1.61 bits per heavy atom. The standard InChI is InChI=1S/C18H18Cl2O4.C6H13N/c1-11(2)24-17-6-4-13(8-15(17)20)10-23-16-5-3-12(7-14(16)19)9-18(21)22;7-6-4-2-1-3-5-6/h3-8,11H,9-10H2,1-2H3,(H,21,22);6H,1-5,7H2. The summed E-state index contributed by atoms with van der Waals surface area (Å²) >= 11 is 12.3. The first-order valence-corrected chi connectivity index (χ1v) is 11.3. The van der Waals surface area contributed by atoms with E-state index in [4.69, 9.17) is 43.5 Å². The minimum Gasteiger partial charge on any atom is -0.489 e. The van der Waals surface area contributed by atoms with Gasteiger partial charge in [-0.15, -0.1) is 0 Å². The molecule has 0 heterocycles. The van der Waals surface area contributed by atoms with Crippen molar-refractivity contribution in [3.8, 4) is 11.5 Å². The van der Waals surface area contributed by atoms with Gasteiger partial charge in [0.1, 0.15) is 18.1 Å². The number of carboxylic acid groups (broad SMARTS) is 1. The number of benzene rings is 2. The molecule has 3 N–H and O–H groups in total. The molecule has 0 atom stereocenters. The lowest BCUT2D eigenvalue weighted by atomic mass is 9.97. The van der Waals surface area contributed by atoms with E-state index in [1.165, 1.54) is 32.1 Å². The summed E-state index contributed by atoms with van der Waals surface area (Å²) in [6.45, 7) is 4.16. The molecule has 2 aromatic rings. The molecule has 5 nitrogen and oxygen atoms in total. The van der Waals surface area contributed by atoms with E-state index in [1.54, 1.807) is 30.3 Å². The molecule has 1 aliphatic rings. The van der Waals surface area contributed by atoms with Crippen molar-refractivity contribution in [2.24, 2.45) is 5.73 Å². The molecule has 170 valence electrons. The van der Waals surface area contributed by atoms with Crippen molar-refractivity contribution in [2.75, 3.05) is 0 Å². The maximum Gasteiger partial charge on any atom is 0.307 e. The van der Waals surface area contributed by atoms with Gasteiger partial charge in [-0.05, 0) is 62.1 Å². The van der Waals surface area contributed by atoms with Gasteiger partial charge in [0.25, 0.3) is 0 Å². The zero-order chi connectivity index (χ0) is 22.8. The lowest BCUT2D eigenvalue weighted by Crippen LogP contribution is -2.22. The van der Waals surface area contributed by atoms with Crippen molar-refractivity contribution < 1.29 is 19.4 Å². The van der Waals surface area contributed by atoms with Gasteiger partial charge in [-0.2, -0.15) is 0 Å². The van der Waals surface area contributed by atoms with E-state index in [1.807, 2.05) is 19.9 Å². The number of nitrogens with two attached hydrogens (primary N) is 1. The molecule has 0 saturated heterocycles. The molecule has 3 rings (SSSR count). The van der Waals surface area contributed by atoms with Gasteiger partial charge in [-0.3, -0.25) is 4.79 Å². The molecule has 0 radical (unpaired) electrons. The van der Waals surface area contributed by atoms with Crippen LogP contribution in [-0.4, -0.2) is 23.2 Å². The molecule has 1 fully saturated rings. The fraction of sp³-hybridized carbons (Fsp3) is 0.458. The van der Waals surface area contributed by atoms with Crippen molar-refractivity contribution in [1.29, 1.82) is 0 Å². The van der Waals surface area contributed by atoms with E-state index in [9.17, 15) is 4.79 Å². The Morgan fingerprint density at radius 3 is 2.13 bits per heavy atom. The number of carbonyl (C=O) groups is 1. The fourth-order valence-corrected chi connectivity index (χ4v) is 3.73. The number of ether oxygens (including phenoxy) is 2. The lowest BCUT2D eigenvalue weighted by Gasteiger charge is -2.15. The summed E-state index contributed by atoms with van der Waals surface area (Å²) in [6.07, 6.45) is 6.64. The quantitative estimate of drug-likeness (QED) is 0.501. The molecule has 7 heteroatoms. The van der Waals surface area contributed by atoms with Crippen LogP contribution in [0.2, 0.25) is 10.0 Å². The highest BCUT2D eigenvalue weighted by atomic mass is 35.5. The number of halogens is 2. The van der Waals surface area contributed by atoms with Crippen LogP contribution in [0.3, 0.4) is 0 Å². The van der Waals surface area contributed by atoms with Gasteiger partial charge in [-0.25, -0.2) is 0 Å². The molecule has 0 bridgehead atoms. The number of aliphatic carboxylic acids is 1. The van der Waals surface area contributed by atoms with Crippen LogP contribution in [0.15, 0.2) is 36.4 Å². The van der Waals surface area contributed by atoms with E-state index in [2.05, 4.69) is 0 Å². The number of carboxylic acids is 1. The third-order valence-corrected chi connectivity index (χ3v) is 5.35. The molecule has 0 unspecified atom stereocenters. The van der Waals surface area contributed by atoms with Crippen LogP contribution < -0.4 is 15.2 Å². The third-order valence-electron chi connectivity index (χ3n) is 4.75. The predicted molar refractivity (Wildman–Crippen MR) is 125 cm³/mol. The molecular weight excluding hydrogens is 437 g/mol. The Labute approximate surface area is 194 Å². The van der Waals surface area contributed by atoms with Crippen molar-refractivity contribution in [3.63, 3.8) is 0 Å². The SMILES string of the molecule is CC(C)Oc1ccc(COc2ccc(CC(=O)O)cc2Cl)cc1Cl.NC1CCCCC1. The predicted octanol–water partition coefficient (Wildman–Crippen LogP) is 6.26. The maximum absolute atomic E-state index is 10.7. The Hall–Kier alpha value is -1.95. The van der Waals surface area contributed by atoms with Gasteiger partial charge in [0.05, 0.1) is 22.6 Å². The molecule has 0 amide bonds. The first kappa shape index (κ1) is 25.3. The summed E-state index contributed by atoms with van der Waals surface area (Å²) in [6, 6.07) is 10.9. The second-order valence-electron chi connectivity index (χ2n) is 7.95. The average molecular weight is 468 g/mol. The highest BCUT2D eigenvalue weighted by Gasteiger charge is 2.09. The Morgan fingerprint density at radius 1 is 1.03 bits per heavy atom. The number of rotatable bonds is 7. The summed E-state index contributed by atoms with van der Waals surface area (Å²) in [7, 11) is 0. The minimum absolute atomic E-state index is 0.0488. The van der Waals surface area contributed by atoms with Crippen molar-refractivity contribution in [3.05, 3.63) is 57.6 Å². The van der Waals surface area contributed by atoms with Crippen molar-refractivity contribution in [2.45, 2.75) is 71.1 Å². The second kappa shape index (κ2) is 12.8. The van der Waals surface area contributed by atoms with Gasteiger partial charge in [0.2, 0.25) is 0 Å². The molecule has 0 aliphatic heterocycles. The Balaban J connectivity index is 0.000000412. The molecule has 31 heavy (non-hydrogen) atoms. The average Bonchev–Trinajstić information content (AvgIpc) is 2.69. The van der Waals surface area contributed by atoms with E-state index in [0.717, 1.165) is 5.56 Å². The van der Waals surface area contributed by atoms with Crippen LogP contribution >= 0.6 is 23.2 Å². The van der Waals surface area contributed by atoms with Crippen LogP contribution in [-0.2, 0) is 17.8 Å². The van der Waals surface area contributed by atoms with Gasteiger partial charge in [0, 0.05) is 6.04 Å². The summed E-state index contributed by atoms with van der Waals surface area (Å²) in [5.74, 6) is 0.217. The topological polar surface area (TPSA) is 81.8 Å². The Kier molecular flexibility index (Phi) is 10.4. The second-order valence-corrected chi connectivity index (χ2v) is 8.77. The van der Waals surface area contributed by atoms with Gasteiger partial charge >= 0.3 is 5.97 Å². The van der Waals surface area contributed by atoms with E-state index in [-0.39, 0.29) is 12.5 Å². The highest BCUT2D eigenvalue weighted by Crippen LogP contribution is 2.29. The lowest BCUT2D eigenvalue weighted by molar-refractivity contribution is -0.136. The van der Waals surface area contributed by atoms with Gasteiger partial charge in [-0.1, -0.05) is 54.6 Å². The largest absolute Gasteiger partial charge is 0.489 e. The molecule has 0 spiro atoms. The summed E-state index contributed by atoms with van der Waals surface area (Å²) < 4.78 is 11.3. The monoisotopic (exact) mass is 467 g/mol. The smallest absolute Gasteiger partial charge is 0.307 e. The van der Waals surface area contributed by atoms with Crippen LogP contribution in [0.5, 0.6) is 11.5 Å². The van der Waals surface area contributed by atoms with Crippen molar-refractivity contribution in [1.82, 2.24) is 0 Å². The van der Waals surface area contributed by atoms with Crippen LogP contribution in [0, 0.1) is 0 Å². The molecular formula is C24H31Cl2NO4. The van der Waals surface area contributed by atoms with E-state index >= 15 is 0 Å². The normalized spacial score (nSPS) is 14.0. The zero-order valence-corrected chi connectivity index (χ0v) is 19.6. The van der Waals surface area contributed by atoms with Crippen molar-refractivity contribution >= 4 is 29.2 Å². The third kappa shape index (κ3) is 9.38. The fourth-order valence-electron chi connectivity index (χ4n) is 3.22. The molecule has 0 aromatic heterocycles. The number of hydrogen-bond donors (Lipinski definition) is 2. The first-order chi connectivity index (χ1) is 14.7. The molecule has 1 aliphatic carbocycles. The summed E-state index contributed by atoms with van der Waals surface area (Å²) in [5, 5.41) is 9.68. The molecule has 1 saturated carbocycles. The zero-order valence-electron chi connectivity index (χ0n) is 18.1. The Bertz CT molecular complexity index is 851. The maximum atomic E-state index is 10.7. The van der Waals surface area contributed by atoms with Crippen LogP contribution in [0.1, 0.15) is 57.1 Å². The van der Waals surface area contributed by atoms with Crippen LogP contribution in [0.4, 0.5) is 0 Å². The number of hydrogen-bond acceptors (Lipinski definition) is 4. The van der Waals surface area contributed by atoms with E-state index < -0.39 is 5.97 Å². The molecule has 2 aromatic carbocycles. The van der Waals surface area contributed by atoms with Gasteiger partial charge in [0.15, 0.2) is 0 Å². The first-order valence-electron chi connectivity index (χ1n) is 10.6. The highest BCUT2D eigenvalue weighted by molar-refractivity contribution is 6.32.